The van der Waals surface area contributed by atoms with Crippen LogP contribution < -0.4 is 4.74 Å². The van der Waals surface area contributed by atoms with E-state index in [0.29, 0.717) is 0 Å². The van der Waals surface area contributed by atoms with Crippen LogP contribution in [-0.4, -0.2) is 23.9 Å². The second-order valence-corrected chi connectivity index (χ2v) is 9.75. The van der Waals surface area contributed by atoms with Gasteiger partial charge in [0.25, 0.3) is 0 Å². The summed E-state index contributed by atoms with van der Waals surface area (Å²) in [6.45, 7) is 0. The van der Waals surface area contributed by atoms with E-state index in [-0.39, 0.29) is 30.9 Å². The molecule has 0 N–H and O–H groups in total. The zero-order valence-electron chi connectivity index (χ0n) is 15.0. The molecule has 6 nitrogen and oxygen atoms in total. The number of benzene rings is 3. The lowest BCUT2D eigenvalue weighted by atomic mass is 10.2. The Labute approximate surface area is 167 Å². The zero-order valence-corrected chi connectivity index (χ0v) is 16.7. The van der Waals surface area contributed by atoms with E-state index in [1.165, 1.54) is 37.4 Å². The fraction of sp³-hybridized carbons (Fsp3) is 0.0500. The van der Waals surface area contributed by atoms with Gasteiger partial charge in [0.2, 0.25) is 19.7 Å². The lowest BCUT2D eigenvalue weighted by Crippen LogP contribution is -2.08. The third-order valence-electron chi connectivity index (χ3n) is 4.16. The number of halogens is 1. The fourth-order valence-electron chi connectivity index (χ4n) is 2.67. The molecule has 148 valence electrons. The van der Waals surface area contributed by atoms with Gasteiger partial charge in [-0.05, 0) is 48.5 Å². The molecule has 0 spiro atoms. The molecule has 3 rings (SSSR count). The molecule has 0 aliphatic rings. The van der Waals surface area contributed by atoms with Crippen molar-refractivity contribution in [3.8, 4) is 11.8 Å². The summed E-state index contributed by atoms with van der Waals surface area (Å²) in [5.74, 6) is -0.983. The van der Waals surface area contributed by atoms with Crippen LogP contribution in [0.4, 0.5) is 4.39 Å². The number of hydrogen-bond donors (Lipinski definition) is 0. The Kier molecular flexibility index (Phi) is 5.42. The van der Waals surface area contributed by atoms with Gasteiger partial charge >= 0.3 is 0 Å². The molecule has 0 saturated heterocycles. The van der Waals surface area contributed by atoms with Crippen LogP contribution in [-0.2, 0) is 19.7 Å². The molecule has 9 heteroatoms. The van der Waals surface area contributed by atoms with E-state index in [2.05, 4.69) is 0 Å². The summed E-state index contributed by atoms with van der Waals surface area (Å²) in [7, 11) is -6.96. The first-order chi connectivity index (χ1) is 13.7. The number of rotatable bonds is 5. The second-order valence-electron chi connectivity index (χ2n) is 5.89. The first-order valence-electron chi connectivity index (χ1n) is 8.14. The van der Waals surface area contributed by atoms with Crippen LogP contribution in [0.25, 0.3) is 0 Å². The van der Waals surface area contributed by atoms with E-state index in [0.717, 1.165) is 30.3 Å². The van der Waals surface area contributed by atoms with Crippen molar-refractivity contribution in [1.29, 1.82) is 5.26 Å². The molecular formula is C20H14FNO5S2. The molecule has 0 bridgehead atoms. The Morgan fingerprint density at radius 2 is 1.45 bits per heavy atom. The highest BCUT2D eigenvalue weighted by atomic mass is 32.2. The largest absolute Gasteiger partial charge is 0.494 e. The average Bonchev–Trinajstić information content (AvgIpc) is 2.73. The van der Waals surface area contributed by atoms with Gasteiger partial charge in [-0.1, -0.05) is 18.2 Å². The third kappa shape index (κ3) is 3.72. The van der Waals surface area contributed by atoms with E-state index in [9.17, 15) is 26.5 Å². The fourth-order valence-corrected chi connectivity index (χ4v) is 5.38. The number of nitrogens with zero attached hydrogens (tertiary/aromatic N) is 1. The molecule has 0 aliphatic carbocycles. The molecule has 3 aromatic rings. The molecule has 0 heterocycles. The van der Waals surface area contributed by atoms with Gasteiger partial charge in [-0.15, -0.1) is 0 Å². The van der Waals surface area contributed by atoms with Gasteiger partial charge in [-0.2, -0.15) is 5.26 Å². The van der Waals surface area contributed by atoms with Crippen molar-refractivity contribution in [3.05, 3.63) is 78.1 Å². The number of sulfone groups is 2. The normalized spacial score (nSPS) is 11.6. The van der Waals surface area contributed by atoms with Gasteiger partial charge in [-0.3, -0.25) is 0 Å². The molecular weight excluding hydrogens is 417 g/mol. The van der Waals surface area contributed by atoms with Gasteiger partial charge in [0, 0.05) is 0 Å². The highest BCUT2D eigenvalue weighted by Gasteiger charge is 2.25. The van der Waals surface area contributed by atoms with E-state index in [1.54, 1.807) is 12.1 Å². The summed E-state index contributed by atoms with van der Waals surface area (Å²) < 4.78 is 69.9. The number of hydrogen-bond acceptors (Lipinski definition) is 6. The number of methoxy groups -OCH3 is 1. The Balaban J connectivity index is 2.12. The van der Waals surface area contributed by atoms with Crippen LogP contribution >= 0.6 is 0 Å². The smallest absolute Gasteiger partial charge is 0.207 e. The van der Waals surface area contributed by atoms with Gasteiger partial charge in [0.05, 0.1) is 32.3 Å². The summed E-state index contributed by atoms with van der Waals surface area (Å²) >= 11 is 0. The summed E-state index contributed by atoms with van der Waals surface area (Å²) in [5.41, 5.74) is -0.330. The van der Waals surface area contributed by atoms with Crippen molar-refractivity contribution in [2.24, 2.45) is 0 Å². The summed E-state index contributed by atoms with van der Waals surface area (Å²) in [6, 6.07) is 15.4. The Morgan fingerprint density at radius 1 is 0.828 bits per heavy atom. The monoisotopic (exact) mass is 431 g/mol. The first-order valence-corrected chi connectivity index (χ1v) is 11.1. The van der Waals surface area contributed by atoms with E-state index >= 15 is 0 Å². The SMILES string of the molecule is COc1ccc(S(=O)(=O)c2ccc(S(=O)(=O)c3ccccc3)c(C#N)c2)cc1F. The maximum Gasteiger partial charge on any atom is 0.207 e. The van der Waals surface area contributed by atoms with E-state index in [1.807, 2.05) is 0 Å². The average molecular weight is 431 g/mol. The van der Waals surface area contributed by atoms with Gasteiger partial charge in [-0.25, -0.2) is 21.2 Å². The number of ether oxygens (including phenoxy) is 1. The molecule has 0 fully saturated rings. The molecule has 0 aliphatic heterocycles. The molecule has 0 aromatic heterocycles. The van der Waals surface area contributed by atoms with Gasteiger partial charge in [0.15, 0.2) is 11.6 Å². The van der Waals surface area contributed by atoms with Gasteiger partial charge < -0.3 is 4.74 Å². The maximum atomic E-state index is 13.9. The van der Waals surface area contributed by atoms with Crippen LogP contribution in [0.15, 0.2) is 86.3 Å². The van der Waals surface area contributed by atoms with Crippen LogP contribution in [0.1, 0.15) is 5.56 Å². The minimum Gasteiger partial charge on any atom is -0.494 e. The van der Waals surface area contributed by atoms with E-state index < -0.39 is 25.5 Å². The van der Waals surface area contributed by atoms with E-state index in [4.69, 9.17) is 4.74 Å². The lowest BCUT2D eigenvalue weighted by Gasteiger charge is -2.10. The molecule has 0 unspecified atom stereocenters. The predicted molar refractivity (Wildman–Crippen MR) is 101 cm³/mol. The summed E-state index contributed by atoms with van der Waals surface area (Å²) in [6.07, 6.45) is 0. The van der Waals surface area contributed by atoms with Crippen molar-refractivity contribution < 1.29 is 26.0 Å². The Hall–Kier alpha value is -3.22. The summed E-state index contributed by atoms with van der Waals surface area (Å²) in [5, 5.41) is 9.42. The standard InChI is InChI=1S/C20H14FNO5S2/c1-27-19-9-7-17(12-18(19)21)28(23,24)16-8-10-20(14(11-16)13-22)29(25,26)15-5-3-2-4-6-15/h2-12H,1H3. The first kappa shape index (κ1) is 20.5. The number of nitriles is 1. The zero-order chi connectivity index (χ0) is 21.2. The van der Waals surface area contributed by atoms with Crippen molar-refractivity contribution in [2.75, 3.05) is 7.11 Å². The van der Waals surface area contributed by atoms with Crippen molar-refractivity contribution in [1.82, 2.24) is 0 Å². The molecule has 0 atom stereocenters. The van der Waals surface area contributed by atoms with Crippen molar-refractivity contribution in [3.63, 3.8) is 0 Å². The van der Waals surface area contributed by atoms with Crippen LogP contribution in [0.3, 0.4) is 0 Å². The molecule has 29 heavy (non-hydrogen) atoms. The molecule has 0 amide bonds. The van der Waals surface area contributed by atoms with Crippen molar-refractivity contribution >= 4 is 19.7 Å². The van der Waals surface area contributed by atoms with Crippen molar-refractivity contribution in [2.45, 2.75) is 19.6 Å². The quantitative estimate of drug-likeness (QED) is 0.614. The highest BCUT2D eigenvalue weighted by Crippen LogP contribution is 2.30. The Morgan fingerprint density at radius 3 is 2.03 bits per heavy atom. The minimum atomic E-state index is -4.19. The van der Waals surface area contributed by atoms with Crippen LogP contribution in [0.5, 0.6) is 5.75 Å². The van der Waals surface area contributed by atoms with Crippen LogP contribution in [0, 0.1) is 17.1 Å². The molecule has 0 saturated carbocycles. The highest BCUT2D eigenvalue weighted by molar-refractivity contribution is 7.92. The Bertz CT molecular complexity index is 1330. The topological polar surface area (TPSA) is 101 Å². The molecule has 3 aromatic carbocycles. The van der Waals surface area contributed by atoms with Crippen LogP contribution in [0.2, 0.25) is 0 Å². The second kappa shape index (κ2) is 7.66. The third-order valence-corrected chi connectivity index (χ3v) is 7.74. The maximum absolute atomic E-state index is 13.9. The predicted octanol–water partition coefficient (Wildman–Crippen LogP) is 3.37. The lowest BCUT2D eigenvalue weighted by molar-refractivity contribution is 0.385. The van der Waals surface area contributed by atoms with Gasteiger partial charge in [0.1, 0.15) is 6.07 Å². The summed E-state index contributed by atoms with van der Waals surface area (Å²) in [4.78, 5) is -1.01. The minimum absolute atomic E-state index is 0.0238. The molecule has 0 radical (unpaired) electrons.